The van der Waals surface area contributed by atoms with E-state index < -0.39 is 0 Å². The second-order valence-electron chi connectivity index (χ2n) is 5.19. The van der Waals surface area contributed by atoms with Crippen molar-refractivity contribution in [3.63, 3.8) is 0 Å². The molecule has 19 heavy (non-hydrogen) atoms. The Bertz CT molecular complexity index is 362. The van der Waals surface area contributed by atoms with Crippen molar-refractivity contribution in [2.24, 2.45) is 5.92 Å². The maximum Gasteiger partial charge on any atom is 0.221 e. The Morgan fingerprint density at radius 2 is 1.84 bits per heavy atom. The molecule has 0 saturated heterocycles. The van der Waals surface area contributed by atoms with E-state index in [0.29, 0.717) is 24.9 Å². The van der Waals surface area contributed by atoms with Gasteiger partial charge in [-0.25, -0.2) is 0 Å². The van der Waals surface area contributed by atoms with Gasteiger partial charge in [0.25, 0.3) is 0 Å². The molecule has 1 unspecified atom stereocenters. The van der Waals surface area contributed by atoms with Gasteiger partial charge < -0.3 is 10.6 Å². The number of carbonyl (C=O) groups excluding carboxylic acids is 1. The highest BCUT2D eigenvalue weighted by Crippen LogP contribution is 2.20. The predicted molar refractivity (Wildman–Crippen MR) is 79.9 cm³/mol. The first-order chi connectivity index (χ1) is 9.15. The van der Waals surface area contributed by atoms with E-state index in [1.165, 1.54) is 5.56 Å². The van der Waals surface area contributed by atoms with Crippen LogP contribution in [0.1, 0.15) is 45.2 Å². The van der Waals surface area contributed by atoms with Crippen LogP contribution in [-0.2, 0) is 4.79 Å². The maximum absolute atomic E-state index is 11.5. The van der Waals surface area contributed by atoms with Crippen LogP contribution >= 0.6 is 0 Å². The van der Waals surface area contributed by atoms with Gasteiger partial charge in [-0.05, 0) is 17.9 Å². The molecule has 1 atom stereocenters. The predicted octanol–water partition coefficient (Wildman–Crippen LogP) is 2.89. The largest absolute Gasteiger partial charge is 0.356 e. The molecule has 1 amide bonds. The van der Waals surface area contributed by atoms with Gasteiger partial charge in [0, 0.05) is 25.6 Å². The molecular formula is C16H26N2O. The number of rotatable bonds is 8. The quantitative estimate of drug-likeness (QED) is 0.756. The van der Waals surface area contributed by atoms with Crippen molar-refractivity contribution < 1.29 is 4.79 Å². The van der Waals surface area contributed by atoms with Gasteiger partial charge in [0.05, 0.1) is 0 Å². The number of nitrogens with one attached hydrogen (secondary N) is 2. The number of carbonyl (C=O) groups is 1. The first-order valence-corrected chi connectivity index (χ1v) is 7.20. The van der Waals surface area contributed by atoms with Crippen molar-refractivity contribution in [2.75, 3.05) is 13.1 Å². The summed E-state index contributed by atoms with van der Waals surface area (Å²) in [7, 11) is 0. The van der Waals surface area contributed by atoms with Crippen molar-refractivity contribution in [1.82, 2.24) is 10.6 Å². The van der Waals surface area contributed by atoms with E-state index in [0.717, 1.165) is 13.0 Å². The van der Waals surface area contributed by atoms with Crippen LogP contribution in [0.2, 0.25) is 0 Å². The monoisotopic (exact) mass is 262 g/mol. The summed E-state index contributed by atoms with van der Waals surface area (Å²) in [5.74, 6) is 0.631. The Balaban J connectivity index is 2.41. The van der Waals surface area contributed by atoms with Crippen LogP contribution in [0.4, 0.5) is 0 Å². The van der Waals surface area contributed by atoms with Crippen molar-refractivity contribution in [3.05, 3.63) is 35.9 Å². The normalized spacial score (nSPS) is 12.4. The van der Waals surface area contributed by atoms with Crippen LogP contribution in [0.25, 0.3) is 0 Å². The highest BCUT2D eigenvalue weighted by atomic mass is 16.1. The van der Waals surface area contributed by atoms with Gasteiger partial charge in [0.1, 0.15) is 0 Å². The SMILES string of the molecule is CCCNC(=O)CCNC(c1ccccc1)C(C)C. The first-order valence-electron chi connectivity index (χ1n) is 7.20. The highest BCUT2D eigenvalue weighted by Gasteiger charge is 2.14. The molecule has 1 aromatic carbocycles. The second kappa shape index (κ2) is 8.70. The first kappa shape index (κ1) is 15.7. The summed E-state index contributed by atoms with van der Waals surface area (Å²) in [5, 5.41) is 6.38. The average molecular weight is 262 g/mol. The molecule has 0 radical (unpaired) electrons. The third kappa shape index (κ3) is 5.88. The van der Waals surface area contributed by atoms with Gasteiger partial charge in [0.2, 0.25) is 5.91 Å². The summed E-state index contributed by atoms with van der Waals surface area (Å²) in [6.07, 6.45) is 1.52. The molecule has 0 aliphatic rings. The van der Waals surface area contributed by atoms with Crippen LogP contribution < -0.4 is 10.6 Å². The van der Waals surface area contributed by atoms with E-state index in [9.17, 15) is 4.79 Å². The minimum Gasteiger partial charge on any atom is -0.356 e. The van der Waals surface area contributed by atoms with E-state index in [1.54, 1.807) is 0 Å². The zero-order chi connectivity index (χ0) is 14.1. The van der Waals surface area contributed by atoms with E-state index in [4.69, 9.17) is 0 Å². The zero-order valence-electron chi connectivity index (χ0n) is 12.3. The van der Waals surface area contributed by atoms with E-state index in [2.05, 4.69) is 55.7 Å². The summed E-state index contributed by atoms with van der Waals surface area (Å²) < 4.78 is 0. The van der Waals surface area contributed by atoms with Crippen molar-refractivity contribution >= 4 is 5.91 Å². The topological polar surface area (TPSA) is 41.1 Å². The van der Waals surface area contributed by atoms with Crippen molar-refractivity contribution in [2.45, 2.75) is 39.7 Å². The fourth-order valence-electron chi connectivity index (χ4n) is 2.09. The number of hydrogen-bond donors (Lipinski definition) is 2. The highest BCUT2D eigenvalue weighted by molar-refractivity contribution is 5.75. The Hall–Kier alpha value is -1.35. The third-order valence-corrected chi connectivity index (χ3v) is 3.11. The third-order valence-electron chi connectivity index (χ3n) is 3.11. The molecule has 0 aromatic heterocycles. The second-order valence-corrected chi connectivity index (χ2v) is 5.19. The molecule has 0 aliphatic carbocycles. The van der Waals surface area contributed by atoms with E-state index in [-0.39, 0.29) is 5.91 Å². The molecule has 0 bridgehead atoms. The minimum absolute atomic E-state index is 0.130. The zero-order valence-corrected chi connectivity index (χ0v) is 12.3. The summed E-state index contributed by atoms with van der Waals surface area (Å²) in [6, 6.07) is 10.7. The van der Waals surface area contributed by atoms with Crippen molar-refractivity contribution in [1.29, 1.82) is 0 Å². The van der Waals surface area contributed by atoms with Crippen LogP contribution in [0.5, 0.6) is 0 Å². The van der Waals surface area contributed by atoms with Gasteiger partial charge in [-0.15, -0.1) is 0 Å². The minimum atomic E-state index is 0.130. The van der Waals surface area contributed by atoms with Crippen LogP contribution in [0, 0.1) is 5.92 Å². The van der Waals surface area contributed by atoms with E-state index in [1.807, 2.05) is 6.07 Å². The van der Waals surface area contributed by atoms with Gasteiger partial charge in [0.15, 0.2) is 0 Å². The summed E-state index contributed by atoms with van der Waals surface area (Å²) in [4.78, 5) is 11.5. The molecule has 3 nitrogen and oxygen atoms in total. The lowest BCUT2D eigenvalue weighted by atomic mass is 9.96. The van der Waals surface area contributed by atoms with Crippen molar-refractivity contribution in [3.8, 4) is 0 Å². The molecule has 0 heterocycles. The van der Waals surface area contributed by atoms with Crippen LogP contribution in [-0.4, -0.2) is 19.0 Å². The molecule has 1 rings (SSSR count). The molecule has 0 saturated carbocycles. The average Bonchev–Trinajstić information content (AvgIpc) is 2.42. The molecule has 106 valence electrons. The van der Waals surface area contributed by atoms with Gasteiger partial charge in [-0.3, -0.25) is 4.79 Å². The lowest BCUT2D eigenvalue weighted by Crippen LogP contribution is -2.31. The Morgan fingerprint density at radius 3 is 2.42 bits per heavy atom. The summed E-state index contributed by atoms with van der Waals surface area (Å²) in [6.45, 7) is 7.94. The molecule has 1 aromatic rings. The fourth-order valence-corrected chi connectivity index (χ4v) is 2.09. The molecular weight excluding hydrogens is 236 g/mol. The Morgan fingerprint density at radius 1 is 1.16 bits per heavy atom. The smallest absolute Gasteiger partial charge is 0.221 e. The summed E-state index contributed by atoms with van der Waals surface area (Å²) >= 11 is 0. The van der Waals surface area contributed by atoms with Crippen LogP contribution in [0.15, 0.2) is 30.3 Å². The number of benzene rings is 1. The fraction of sp³-hybridized carbons (Fsp3) is 0.562. The Labute approximate surface area is 116 Å². The number of hydrogen-bond acceptors (Lipinski definition) is 2. The lowest BCUT2D eigenvalue weighted by Gasteiger charge is -2.23. The van der Waals surface area contributed by atoms with Crippen LogP contribution in [0.3, 0.4) is 0 Å². The van der Waals surface area contributed by atoms with Gasteiger partial charge in [-0.2, -0.15) is 0 Å². The number of amides is 1. The lowest BCUT2D eigenvalue weighted by molar-refractivity contribution is -0.121. The summed E-state index contributed by atoms with van der Waals surface area (Å²) in [5.41, 5.74) is 1.28. The molecule has 0 aliphatic heterocycles. The van der Waals surface area contributed by atoms with E-state index >= 15 is 0 Å². The molecule has 2 N–H and O–H groups in total. The molecule has 0 spiro atoms. The molecule has 0 fully saturated rings. The Kier molecular flexibility index (Phi) is 7.19. The molecule has 3 heteroatoms. The standard InChI is InChI=1S/C16H26N2O/c1-4-11-17-15(19)10-12-18-16(13(2)3)14-8-6-5-7-9-14/h5-9,13,16,18H,4,10-12H2,1-3H3,(H,17,19). The maximum atomic E-state index is 11.5. The van der Waals surface area contributed by atoms with Gasteiger partial charge in [-0.1, -0.05) is 51.1 Å². The van der Waals surface area contributed by atoms with Gasteiger partial charge >= 0.3 is 0 Å².